The lowest BCUT2D eigenvalue weighted by atomic mass is 10.1. The Balaban J connectivity index is 1.48. The minimum atomic E-state index is -0.545. The van der Waals surface area contributed by atoms with Crippen molar-refractivity contribution in [3.8, 4) is 23.0 Å². The lowest BCUT2D eigenvalue weighted by Gasteiger charge is -2.15. The molecule has 10 nitrogen and oxygen atoms in total. The molecule has 3 N–H and O–H groups in total. The Hall–Kier alpha value is -5.42. The Morgan fingerprint density at radius 2 is 1.35 bits per heavy atom. The number of rotatable bonds is 13. The summed E-state index contributed by atoms with van der Waals surface area (Å²) in [5.74, 6) is 0.979. The van der Waals surface area contributed by atoms with E-state index in [0.717, 1.165) is 4.90 Å². The van der Waals surface area contributed by atoms with Gasteiger partial charge in [0.15, 0.2) is 0 Å². The average Bonchev–Trinajstić information content (AvgIpc) is 3.08. The molecule has 0 aliphatic heterocycles. The topological polar surface area (TPSA) is 124 Å². The van der Waals surface area contributed by atoms with Crippen LogP contribution in [0.25, 0.3) is 6.08 Å². The molecule has 0 saturated heterocycles. The van der Waals surface area contributed by atoms with Crippen molar-refractivity contribution in [2.24, 2.45) is 0 Å². The highest BCUT2D eigenvalue weighted by Gasteiger charge is 2.18. The molecule has 4 aromatic carbocycles. The number of hydrogen-bond donors (Lipinski definition) is 3. The van der Waals surface area contributed by atoms with Crippen molar-refractivity contribution in [3.05, 3.63) is 108 Å². The van der Waals surface area contributed by atoms with Crippen LogP contribution in [-0.2, 0) is 9.59 Å². The van der Waals surface area contributed by atoms with Crippen molar-refractivity contribution in [1.29, 1.82) is 0 Å². The minimum Gasteiger partial charge on any atom is -0.497 e. The first-order valence-electron chi connectivity index (χ1n) is 14.1. The number of anilines is 2. The number of hydrogen-bond acceptors (Lipinski definition) is 8. The molecule has 0 bridgehead atoms. The highest BCUT2D eigenvalue weighted by atomic mass is 32.2. The summed E-state index contributed by atoms with van der Waals surface area (Å²) in [6.45, 7) is 1.80. The van der Waals surface area contributed by atoms with Gasteiger partial charge in [0.2, 0.25) is 5.91 Å². The second-order valence-electron chi connectivity index (χ2n) is 9.82. The van der Waals surface area contributed by atoms with Gasteiger partial charge >= 0.3 is 0 Å². The maximum atomic E-state index is 13.5. The van der Waals surface area contributed by atoms with E-state index in [1.54, 1.807) is 112 Å². The fourth-order valence-electron chi connectivity index (χ4n) is 4.25. The molecule has 3 amide bonds. The van der Waals surface area contributed by atoms with Gasteiger partial charge in [0.1, 0.15) is 28.7 Å². The number of ether oxygens (including phenoxy) is 4. The lowest BCUT2D eigenvalue weighted by molar-refractivity contribution is -0.115. The molecule has 1 atom stereocenters. The number of amides is 3. The third kappa shape index (κ3) is 9.05. The second-order valence-corrected chi connectivity index (χ2v) is 11.2. The Bertz CT molecular complexity index is 1690. The molecule has 238 valence electrons. The Labute approximate surface area is 272 Å². The molecule has 0 spiro atoms. The molecule has 0 saturated carbocycles. The highest BCUT2D eigenvalue weighted by Crippen LogP contribution is 2.29. The van der Waals surface area contributed by atoms with Crippen LogP contribution in [0.3, 0.4) is 0 Å². The third-order valence-corrected chi connectivity index (χ3v) is 7.79. The van der Waals surface area contributed by atoms with Crippen molar-refractivity contribution in [2.75, 3.05) is 39.1 Å². The normalized spacial score (nSPS) is 11.5. The Morgan fingerprint density at radius 3 is 1.96 bits per heavy atom. The zero-order valence-corrected chi connectivity index (χ0v) is 26.9. The first-order valence-corrected chi connectivity index (χ1v) is 15.0. The summed E-state index contributed by atoms with van der Waals surface area (Å²) >= 11 is 1.36. The van der Waals surface area contributed by atoms with E-state index in [1.165, 1.54) is 32.1 Å². The molecule has 0 radical (unpaired) electrons. The Kier molecular flexibility index (Phi) is 11.7. The van der Waals surface area contributed by atoms with Crippen molar-refractivity contribution in [3.63, 3.8) is 0 Å². The van der Waals surface area contributed by atoms with E-state index in [-0.39, 0.29) is 11.6 Å². The van der Waals surface area contributed by atoms with Gasteiger partial charge in [0.05, 0.1) is 33.7 Å². The molecule has 4 rings (SSSR count). The monoisotopic (exact) mass is 641 g/mol. The molecule has 0 fully saturated rings. The largest absolute Gasteiger partial charge is 0.497 e. The summed E-state index contributed by atoms with van der Waals surface area (Å²) in [5.41, 5.74) is 1.97. The van der Waals surface area contributed by atoms with E-state index in [9.17, 15) is 14.4 Å². The van der Waals surface area contributed by atoms with Crippen LogP contribution in [0, 0.1) is 0 Å². The fourth-order valence-corrected chi connectivity index (χ4v) is 5.11. The van der Waals surface area contributed by atoms with E-state index in [2.05, 4.69) is 16.0 Å². The van der Waals surface area contributed by atoms with Gasteiger partial charge in [-0.05, 0) is 67.6 Å². The van der Waals surface area contributed by atoms with Gasteiger partial charge in [-0.25, -0.2) is 0 Å². The summed E-state index contributed by atoms with van der Waals surface area (Å²) in [7, 11) is 6.14. The summed E-state index contributed by atoms with van der Waals surface area (Å²) in [5, 5.41) is 8.02. The predicted octanol–water partition coefficient (Wildman–Crippen LogP) is 6.25. The van der Waals surface area contributed by atoms with Crippen molar-refractivity contribution >= 4 is 46.9 Å². The van der Waals surface area contributed by atoms with E-state index in [1.807, 2.05) is 0 Å². The van der Waals surface area contributed by atoms with Crippen LogP contribution >= 0.6 is 11.8 Å². The molecule has 1 unspecified atom stereocenters. The first kappa shape index (κ1) is 33.5. The maximum absolute atomic E-state index is 13.5. The Morgan fingerprint density at radius 1 is 0.696 bits per heavy atom. The molecule has 0 heterocycles. The molecule has 4 aromatic rings. The van der Waals surface area contributed by atoms with Crippen LogP contribution in [0.1, 0.15) is 22.8 Å². The molecule has 0 aliphatic rings. The number of benzene rings is 4. The molecular formula is C35H35N3O7S. The number of nitrogens with one attached hydrogen (secondary N) is 3. The van der Waals surface area contributed by atoms with Crippen LogP contribution in [0.15, 0.2) is 102 Å². The average molecular weight is 642 g/mol. The lowest BCUT2D eigenvalue weighted by Crippen LogP contribution is -2.30. The predicted molar refractivity (Wildman–Crippen MR) is 180 cm³/mol. The molecule has 11 heteroatoms. The standard InChI is InChI=1S/C35H35N3O7S/c1-22(33(39)37-26-19-28(43-3)21-29(20-26)44-4)46-30-14-11-25(12-15-30)36-35(41)31(38-34(40)23-9-7-6-8-10-23)18-24-17-27(42-2)13-16-32(24)45-5/h6-22H,1-5H3,(H,36,41)(H,37,39)(H,38,40)/b31-18-. The van der Waals surface area contributed by atoms with Crippen molar-refractivity contribution in [1.82, 2.24) is 5.32 Å². The molecular weight excluding hydrogens is 606 g/mol. The van der Waals surface area contributed by atoms with Gasteiger partial charge in [0.25, 0.3) is 11.8 Å². The quantitative estimate of drug-likeness (QED) is 0.116. The van der Waals surface area contributed by atoms with Gasteiger partial charge in [0, 0.05) is 45.6 Å². The number of carbonyl (C=O) groups is 3. The van der Waals surface area contributed by atoms with Crippen molar-refractivity contribution in [2.45, 2.75) is 17.1 Å². The molecule has 0 aromatic heterocycles. The van der Waals surface area contributed by atoms with E-state index < -0.39 is 17.1 Å². The number of carbonyl (C=O) groups excluding carboxylic acids is 3. The van der Waals surface area contributed by atoms with E-state index in [4.69, 9.17) is 18.9 Å². The second kappa shape index (κ2) is 16.1. The van der Waals surface area contributed by atoms with Crippen LogP contribution in [0.5, 0.6) is 23.0 Å². The summed E-state index contributed by atoms with van der Waals surface area (Å²) in [4.78, 5) is 40.3. The van der Waals surface area contributed by atoms with E-state index >= 15 is 0 Å². The van der Waals surface area contributed by atoms with Crippen molar-refractivity contribution < 1.29 is 33.3 Å². The van der Waals surface area contributed by atoms with Gasteiger partial charge in [-0.2, -0.15) is 0 Å². The smallest absolute Gasteiger partial charge is 0.272 e. The summed E-state index contributed by atoms with van der Waals surface area (Å²) in [6, 6.07) is 25.9. The minimum absolute atomic E-state index is 0.00155. The maximum Gasteiger partial charge on any atom is 0.272 e. The van der Waals surface area contributed by atoms with Gasteiger partial charge < -0.3 is 34.9 Å². The van der Waals surface area contributed by atoms with Gasteiger partial charge in [-0.15, -0.1) is 11.8 Å². The van der Waals surface area contributed by atoms with Gasteiger partial charge in [-0.3, -0.25) is 14.4 Å². The SMILES string of the molecule is COc1cc(NC(=O)C(C)Sc2ccc(NC(=O)/C(=C/c3cc(OC)ccc3OC)NC(=O)c3ccccc3)cc2)cc(OC)c1. The van der Waals surface area contributed by atoms with E-state index in [0.29, 0.717) is 45.5 Å². The van der Waals surface area contributed by atoms with Crippen LogP contribution in [0.4, 0.5) is 11.4 Å². The van der Waals surface area contributed by atoms with Crippen LogP contribution in [-0.4, -0.2) is 51.4 Å². The van der Waals surface area contributed by atoms with Gasteiger partial charge in [-0.1, -0.05) is 18.2 Å². The van der Waals surface area contributed by atoms with Crippen LogP contribution < -0.4 is 34.9 Å². The first-order chi connectivity index (χ1) is 22.2. The summed E-state index contributed by atoms with van der Waals surface area (Å²) in [6.07, 6.45) is 1.53. The van der Waals surface area contributed by atoms with Crippen LogP contribution in [0.2, 0.25) is 0 Å². The summed E-state index contributed by atoms with van der Waals surface area (Å²) < 4.78 is 21.3. The molecule has 46 heavy (non-hydrogen) atoms. The zero-order chi connectivity index (χ0) is 33.1. The molecule has 0 aliphatic carbocycles. The highest BCUT2D eigenvalue weighted by molar-refractivity contribution is 8.00. The third-order valence-electron chi connectivity index (χ3n) is 6.68. The fraction of sp³-hybridized carbons (Fsp3) is 0.171. The number of methoxy groups -OCH3 is 4. The zero-order valence-electron chi connectivity index (χ0n) is 26.1. The number of thioether (sulfide) groups is 1.